The second-order valence-corrected chi connectivity index (χ2v) is 6.51. The molecular formula is C13H18F2N2O3S. The fourth-order valence-electron chi connectivity index (χ4n) is 1.54. The van der Waals surface area contributed by atoms with E-state index in [1.54, 1.807) is 5.38 Å². The Kier molecular flexibility index (Phi) is 5.77. The van der Waals surface area contributed by atoms with Crippen LogP contribution in [-0.2, 0) is 21.4 Å². The van der Waals surface area contributed by atoms with Crippen molar-refractivity contribution >= 4 is 23.2 Å². The summed E-state index contributed by atoms with van der Waals surface area (Å²) in [5.74, 6) is -2.11. The molecule has 0 aromatic carbocycles. The predicted molar refractivity (Wildman–Crippen MR) is 74.7 cm³/mol. The highest BCUT2D eigenvalue weighted by atomic mass is 32.1. The molecule has 1 unspecified atom stereocenters. The first-order chi connectivity index (χ1) is 9.59. The molecule has 1 aromatic heterocycles. The third-order valence-electron chi connectivity index (χ3n) is 2.58. The minimum atomic E-state index is -2.79. The van der Waals surface area contributed by atoms with Crippen molar-refractivity contribution in [2.24, 2.45) is 0 Å². The van der Waals surface area contributed by atoms with Gasteiger partial charge in [0.25, 0.3) is 0 Å². The topological polar surface area (TPSA) is 79.3 Å². The normalized spacial score (nSPS) is 13.2. The lowest BCUT2D eigenvalue weighted by molar-refractivity contribution is -0.142. The minimum Gasteiger partial charge on any atom is -0.480 e. The molecule has 1 rings (SSSR count). The first-order valence-electron chi connectivity index (χ1n) is 6.34. The number of carbonyl (C=O) groups is 2. The van der Waals surface area contributed by atoms with Gasteiger partial charge in [-0.05, 0) is 0 Å². The summed E-state index contributed by atoms with van der Waals surface area (Å²) in [5.41, 5.74) is 0.363. The third kappa shape index (κ3) is 5.74. The molecule has 1 aromatic rings. The van der Waals surface area contributed by atoms with E-state index >= 15 is 0 Å². The van der Waals surface area contributed by atoms with Crippen LogP contribution in [0.2, 0.25) is 0 Å². The highest BCUT2D eigenvalue weighted by Gasteiger charge is 2.25. The summed E-state index contributed by atoms with van der Waals surface area (Å²) < 4.78 is 24.5. The van der Waals surface area contributed by atoms with E-state index in [0.717, 1.165) is 5.01 Å². The van der Waals surface area contributed by atoms with Crippen LogP contribution < -0.4 is 5.32 Å². The number of amides is 1. The van der Waals surface area contributed by atoms with Gasteiger partial charge in [0.15, 0.2) is 0 Å². The van der Waals surface area contributed by atoms with Gasteiger partial charge >= 0.3 is 5.97 Å². The number of hydrogen-bond donors (Lipinski definition) is 2. The number of halogens is 2. The molecule has 1 amide bonds. The van der Waals surface area contributed by atoms with Gasteiger partial charge in [0.1, 0.15) is 6.04 Å². The molecule has 0 aliphatic rings. The molecule has 0 aliphatic heterocycles. The molecular weight excluding hydrogens is 302 g/mol. The van der Waals surface area contributed by atoms with Gasteiger partial charge in [-0.25, -0.2) is 18.6 Å². The zero-order valence-electron chi connectivity index (χ0n) is 12.0. The summed E-state index contributed by atoms with van der Waals surface area (Å²) in [4.78, 5) is 26.8. The van der Waals surface area contributed by atoms with Crippen LogP contribution in [0.4, 0.5) is 8.78 Å². The molecule has 0 spiro atoms. The summed E-state index contributed by atoms with van der Waals surface area (Å²) in [5, 5.41) is 13.4. The van der Waals surface area contributed by atoms with Gasteiger partial charge in [0.05, 0.1) is 17.1 Å². The smallest absolute Gasteiger partial charge is 0.326 e. The van der Waals surface area contributed by atoms with Gasteiger partial charge in [-0.1, -0.05) is 20.8 Å². The molecule has 21 heavy (non-hydrogen) atoms. The monoisotopic (exact) mass is 320 g/mol. The average molecular weight is 320 g/mol. The lowest BCUT2D eigenvalue weighted by atomic mass is 9.98. The third-order valence-corrected chi connectivity index (χ3v) is 3.90. The number of rotatable bonds is 6. The molecule has 0 fully saturated rings. The van der Waals surface area contributed by atoms with Crippen LogP contribution in [0, 0.1) is 0 Å². The van der Waals surface area contributed by atoms with Crippen molar-refractivity contribution < 1.29 is 23.5 Å². The number of alkyl halides is 2. The summed E-state index contributed by atoms with van der Waals surface area (Å²) in [6, 6.07) is -1.58. The standard InChI is InChI=1S/C13H18F2N2O3S/c1-13(2,3)12-16-7(6-21-12)4-10(18)17-8(11(19)20)5-9(14)15/h6,8-9H,4-5H2,1-3H3,(H,17,18)(H,19,20). The Balaban J connectivity index is 2.64. The molecule has 0 saturated carbocycles. The SMILES string of the molecule is CC(C)(C)c1nc(CC(=O)NC(CC(F)F)C(=O)O)cs1. The van der Waals surface area contributed by atoms with Crippen LogP contribution in [0.1, 0.15) is 37.9 Å². The Hall–Kier alpha value is -1.57. The Labute approximate surface area is 125 Å². The highest BCUT2D eigenvalue weighted by molar-refractivity contribution is 7.09. The van der Waals surface area contributed by atoms with Gasteiger partial charge in [0, 0.05) is 17.2 Å². The van der Waals surface area contributed by atoms with E-state index in [9.17, 15) is 18.4 Å². The van der Waals surface area contributed by atoms with Gasteiger partial charge in [0.2, 0.25) is 12.3 Å². The van der Waals surface area contributed by atoms with Crippen LogP contribution in [0.25, 0.3) is 0 Å². The molecule has 8 heteroatoms. The number of hydrogen-bond acceptors (Lipinski definition) is 4. The largest absolute Gasteiger partial charge is 0.480 e. The zero-order chi connectivity index (χ0) is 16.2. The lowest BCUT2D eigenvalue weighted by Crippen LogP contribution is -2.42. The number of thiazole rings is 1. The van der Waals surface area contributed by atoms with E-state index in [1.165, 1.54) is 11.3 Å². The number of aromatic nitrogens is 1. The number of aliphatic carboxylic acids is 1. The average Bonchev–Trinajstić information content (AvgIpc) is 2.75. The Morgan fingerprint density at radius 2 is 2.05 bits per heavy atom. The Bertz CT molecular complexity index is 512. The second kappa shape index (κ2) is 6.93. The van der Waals surface area contributed by atoms with E-state index in [0.29, 0.717) is 5.69 Å². The van der Waals surface area contributed by atoms with Gasteiger partial charge < -0.3 is 10.4 Å². The Morgan fingerprint density at radius 3 is 2.48 bits per heavy atom. The van der Waals surface area contributed by atoms with Crippen molar-refractivity contribution in [3.05, 3.63) is 16.1 Å². The maximum atomic E-state index is 12.2. The van der Waals surface area contributed by atoms with Crippen LogP contribution in [-0.4, -0.2) is 34.4 Å². The zero-order valence-corrected chi connectivity index (χ0v) is 12.8. The lowest BCUT2D eigenvalue weighted by Gasteiger charge is -2.14. The van der Waals surface area contributed by atoms with Crippen molar-refractivity contribution in [1.82, 2.24) is 10.3 Å². The molecule has 2 N–H and O–H groups in total. The Morgan fingerprint density at radius 1 is 1.43 bits per heavy atom. The van der Waals surface area contributed by atoms with E-state index in [4.69, 9.17) is 5.11 Å². The van der Waals surface area contributed by atoms with Crippen molar-refractivity contribution in [2.75, 3.05) is 0 Å². The van der Waals surface area contributed by atoms with Crippen molar-refractivity contribution in [3.63, 3.8) is 0 Å². The maximum Gasteiger partial charge on any atom is 0.326 e. The van der Waals surface area contributed by atoms with E-state index in [1.807, 2.05) is 20.8 Å². The first kappa shape index (κ1) is 17.5. The number of carboxylic acid groups (broad SMARTS) is 1. The fourth-order valence-corrected chi connectivity index (χ4v) is 2.45. The summed E-state index contributed by atoms with van der Waals surface area (Å²) >= 11 is 1.41. The molecule has 0 aliphatic carbocycles. The highest BCUT2D eigenvalue weighted by Crippen LogP contribution is 2.25. The van der Waals surface area contributed by atoms with Gasteiger partial charge in [-0.15, -0.1) is 11.3 Å². The van der Waals surface area contributed by atoms with E-state index in [2.05, 4.69) is 10.3 Å². The molecule has 0 radical (unpaired) electrons. The molecule has 1 atom stereocenters. The summed E-state index contributed by atoms with van der Waals surface area (Å²) in [7, 11) is 0. The molecule has 118 valence electrons. The first-order valence-corrected chi connectivity index (χ1v) is 7.22. The van der Waals surface area contributed by atoms with Crippen LogP contribution in [0.3, 0.4) is 0 Å². The molecule has 0 bridgehead atoms. The number of carboxylic acids is 1. The minimum absolute atomic E-state index is 0.125. The second-order valence-electron chi connectivity index (χ2n) is 5.66. The van der Waals surface area contributed by atoms with Gasteiger partial charge in [-0.3, -0.25) is 4.79 Å². The summed E-state index contributed by atoms with van der Waals surface area (Å²) in [6.45, 7) is 5.95. The quantitative estimate of drug-likeness (QED) is 0.842. The number of nitrogens with one attached hydrogen (secondary N) is 1. The maximum absolute atomic E-state index is 12.2. The van der Waals surface area contributed by atoms with Crippen molar-refractivity contribution in [3.8, 4) is 0 Å². The van der Waals surface area contributed by atoms with Crippen molar-refractivity contribution in [1.29, 1.82) is 0 Å². The fraction of sp³-hybridized carbons (Fsp3) is 0.615. The molecule has 1 heterocycles. The van der Waals surface area contributed by atoms with E-state index < -0.39 is 30.8 Å². The summed E-state index contributed by atoms with van der Waals surface area (Å²) in [6.07, 6.45) is -3.83. The molecule has 5 nitrogen and oxygen atoms in total. The van der Waals surface area contributed by atoms with Crippen LogP contribution in [0.5, 0.6) is 0 Å². The predicted octanol–water partition coefficient (Wildman–Crippen LogP) is 2.21. The van der Waals surface area contributed by atoms with Crippen molar-refractivity contribution in [2.45, 2.75) is 51.5 Å². The number of carbonyl (C=O) groups excluding carboxylic acids is 1. The number of nitrogens with zero attached hydrogens (tertiary/aromatic N) is 1. The van der Waals surface area contributed by atoms with Crippen LogP contribution >= 0.6 is 11.3 Å². The molecule has 0 saturated heterocycles. The van der Waals surface area contributed by atoms with Crippen LogP contribution in [0.15, 0.2) is 5.38 Å². The van der Waals surface area contributed by atoms with E-state index in [-0.39, 0.29) is 11.8 Å². The van der Waals surface area contributed by atoms with Gasteiger partial charge in [-0.2, -0.15) is 0 Å².